The van der Waals surface area contributed by atoms with E-state index in [-0.39, 0.29) is 37.8 Å². The molecule has 0 radical (unpaired) electrons. The van der Waals surface area contributed by atoms with Crippen molar-refractivity contribution >= 4 is 18.3 Å². The molecule has 1 aromatic rings. The third-order valence-corrected chi connectivity index (χ3v) is 5.10. The van der Waals surface area contributed by atoms with Gasteiger partial charge < -0.3 is 10.2 Å². The highest BCUT2D eigenvalue weighted by Gasteiger charge is 2.35. The standard InChI is InChI=1S/C19H25FN4O.ClH/c20-16-10-18(11-21)24(14-16)19(25)12-22-17-6-8-23(9-7-17)13-15-4-2-1-3-5-15;/h1-5,16-18,22H,6-10,12-14H2;1H. The molecule has 0 saturated carbocycles. The number of piperidine rings is 1. The normalized spacial score (nSPS) is 24.1. The lowest BCUT2D eigenvalue weighted by Crippen LogP contribution is -2.47. The van der Waals surface area contributed by atoms with Crippen LogP contribution in [-0.2, 0) is 11.3 Å². The molecule has 7 heteroatoms. The van der Waals surface area contributed by atoms with E-state index in [1.807, 2.05) is 12.1 Å². The van der Waals surface area contributed by atoms with Gasteiger partial charge in [0.15, 0.2) is 0 Å². The molecule has 142 valence electrons. The van der Waals surface area contributed by atoms with Crippen molar-refractivity contribution in [2.45, 2.75) is 44.1 Å². The largest absolute Gasteiger partial charge is 0.323 e. The van der Waals surface area contributed by atoms with E-state index < -0.39 is 12.2 Å². The Balaban J connectivity index is 0.00000243. The molecule has 0 aromatic heterocycles. The van der Waals surface area contributed by atoms with Crippen molar-refractivity contribution in [3.63, 3.8) is 0 Å². The molecule has 1 N–H and O–H groups in total. The second-order valence-corrected chi connectivity index (χ2v) is 6.94. The Hall–Kier alpha value is -1.68. The molecule has 2 saturated heterocycles. The van der Waals surface area contributed by atoms with E-state index in [0.29, 0.717) is 6.04 Å². The number of halogens is 2. The Kier molecular flexibility index (Phi) is 7.83. The summed E-state index contributed by atoms with van der Waals surface area (Å²) in [5, 5.41) is 12.3. The zero-order valence-electron chi connectivity index (χ0n) is 14.8. The van der Waals surface area contributed by atoms with Crippen molar-refractivity contribution in [3.8, 4) is 6.07 Å². The predicted octanol–water partition coefficient (Wildman–Crippen LogP) is 2.12. The number of nitriles is 1. The molecule has 0 spiro atoms. The van der Waals surface area contributed by atoms with Gasteiger partial charge in [-0.3, -0.25) is 9.69 Å². The second kappa shape index (κ2) is 9.86. The van der Waals surface area contributed by atoms with Crippen LogP contribution in [0.2, 0.25) is 0 Å². The van der Waals surface area contributed by atoms with Gasteiger partial charge in [-0.1, -0.05) is 30.3 Å². The minimum Gasteiger partial charge on any atom is -0.323 e. The number of carbonyl (C=O) groups excluding carboxylic acids is 1. The first-order valence-corrected chi connectivity index (χ1v) is 8.98. The molecule has 5 nitrogen and oxygen atoms in total. The van der Waals surface area contributed by atoms with Crippen molar-refractivity contribution in [2.75, 3.05) is 26.2 Å². The van der Waals surface area contributed by atoms with E-state index in [0.717, 1.165) is 32.5 Å². The monoisotopic (exact) mass is 380 g/mol. The lowest BCUT2D eigenvalue weighted by Gasteiger charge is -2.32. The van der Waals surface area contributed by atoms with Crippen molar-refractivity contribution in [2.24, 2.45) is 0 Å². The molecule has 26 heavy (non-hydrogen) atoms. The molecular formula is C19H26ClFN4O. The van der Waals surface area contributed by atoms with Gasteiger partial charge in [-0.25, -0.2) is 4.39 Å². The predicted molar refractivity (Wildman–Crippen MR) is 101 cm³/mol. The lowest BCUT2D eigenvalue weighted by atomic mass is 10.0. The van der Waals surface area contributed by atoms with E-state index in [1.54, 1.807) is 0 Å². The first-order chi connectivity index (χ1) is 12.2. The number of benzene rings is 1. The molecule has 2 aliphatic heterocycles. The minimum atomic E-state index is -1.07. The zero-order chi connectivity index (χ0) is 17.6. The van der Waals surface area contributed by atoms with Gasteiger partial charge in [0.05, 0.1) is 19.2 Å². The van der Waals surface area contributed by atoms with E-state index in [9.17, 15) is 9.18 Å². The van der Waals surface area contributed by atoms with Crippen LogP contribution in [0.1, 0.15) is 24.8 Å². The van der Waals surface area contributed by atoms with Gasteiger partial charge >= 0.3 is 0 Å². The number of nitrogens with one attached hydrogen (secondary N) is 1. The first kappa shape index (κ1) is 20.6. The maximum absolute atomic E-state index is 13.4. The first-order valence-electron chi connectivity index (χ1n) is 8.98. The lowest BCUT2D eigenvalue weighted by molar-refractivity contribution is -0.130. The van der Waals surface area contributed by atoms with Crippen molar-refractivity contribution in [1.82, 2.24) is 15.1 Å². The average molecular weight is 381 g/mol. The maximum atomic E-state index is 13.4. The van der Waals surface area contributed by atoms with Crippen LogP contribution >= 0.6 is 12.4 Å². The summed E-state index contributed by atoms with van der Waals surface area (Å²) in [6.45, 7) is 3.19. The molecule has 2 aliphatic rings. The highest BCUT2D eigenvalue weighted by molar-refractivity contribution is 5.85. The molecule has 2 heterocycles. The Morgan fingerprint density at radius 3 is 2.62 bits per heavy atom. The fourth-order valence-corrected chi connectivity index (χ4v) is 3.65. The molecule has 2 fully saturated rings. The number of rotatable bonds is 5. The Labute approximate surface area is 160 Å². The van der Waals surface area contributed by atoms with Crippen molar-refractivity contribution < 1.29 is 9.18 Å². The molecule has 3 rings (SSSR count). The molecule has 1 amide bonds. The van der Waals surface area contributed by atoms with Crippen LogP contribution < -0.4 is 5.32 Å². The number of nitrogens with zero attached hydrogens (tertiary/aromatic N) is 3. The van der Waals surface area contributed by atoms with E-state index in [2.05, 4.69) is 34.5 Å². The van der Waals surface area contributed by atoms with Crippen LogP contribution in [0.4, 0.5) is 4.39 Å². The highest BCUT2D eigenvalue weighted by atomic mass is 35.5. The van der Waals surface area contributed by atoms with Gasteiger partial charge in [0.2, 0.25) is 5.91 Å². The summed E-state index contributed by atoms with van der Waals surface area (Å²) in [6.07, 6.45) is 1.05. The van der Waals surface area contributed by atoms with Gasteiger partial charge in [0, 0.05) is 19.0 Å². The number of hydrogen-bond donors (Lipinski definition) is 1. The minimum absolute atomic E-state index is 0. The van der Waals surface area contributed by atoms with Crippen LogP contribution in [0.15, 0.2) is 30.3 Å². The maximum Gasteiger partial charge on any atom is 0.237 e. The van der Waals surface area contributed by atoms with Gasteiger partial charge in [-0.15, -0.1) is 12.4 Å². The van der Waals surface area contributed by atoms with E-state index in [4.69, 9.17) is 5.26 Å². The smallest absolute Gasteiger partial charge is 0.237 e. The third-order valence-electron chi connectivity index (χ3n) is 5.10. The summed E-state index contributed by atoms with van der Waals surface area (Å²) in [5.74, 6) is -0.168. The fraction of sp³-hybridized carbons (Fsp3) is 0.579. The number of alkyl halides is 1. The fourth-order valence-electron chi connectivity index (χ4n) is 3.65. The highest BCUT2D eigenvalue weighted by Crippen LogP contribution is 2.20. The summed E-state index contributed by atoms with van der Waals surface area (Å²) >= 11 is 0. The summed E-state index contributed by atoms with van der Waals surface area (Å²) in [6, 6.07) is 12.1. The Morgan fingerprint density at radius 1 is 1.27 bits per heavy atom. The number of carbonyl (C=O) groups is 1. The summed E-state index contributed by atoms with van der Waals surface area (Å²) in [7, 11) is 0. The summed E-state index contributed by atoms with van der Waals surface area (Å²) < 4.78 is 13.4. The number of hydrogen-bond acceptors (Lipinski definition) is 4. The molecule has 1 aromatic carbocycles. The van der Waals surface area contributed by atoms with Crippen molar-refractivity contribution in [1.29, 1.82) is 5.26 Å². The average Bonchev–Trinajstić information content (AvgIpc) is 3.03. The zero-order valence-corrected chi connectivity index (χ0v) is 15.6. The quantitative estimate of drug-likeness (QED) is 0.850. The van der Waals surface area contributed by atoms with Crippen LogP contribution in [0, 0.1) is 11.3 Å². The van der Waals surface area contributed by atoms with Crippen molar-refractivity contribution in [3.05, 3.63) is 35.9 Å². The molecule has 0 aliphatic carbocycles. The van der Waals surface area contributed by atoms with Gasteiger partial charge in [0.1, 0.15) is 12.2 Å². The van der Waals surface area contributed by atoms with Crippen LogP contribution in [0.25, 0.3) is 0 Å². The van der Waals surface area contributed by atoms with Crippen LogP contribution in [-0.4, -0.2) is 60.1 Å². The summed E-state index contributed by atoms with van der Waals surface area (Å²) in [5.41, 5.74) is 1.32. The van der Waals surface area contributed by atoms with Gasteiger partial charge in [-0.2, -0.15) is 5.26 Å². The van der Waals surface area contributed by atoms with Gasteiger partial charge in [0.25, 0.3) is 0 Å². The molecule has 0 bridgehead atoms. The van der Waals surface area contributed by atoms with Crippen LogP contribution in [0.5, 0.6) is 0 Å². The summed E-state index contributed by atoms with van der Waals surface area (Å²) in [4.78, 5) is 16.0. The van der Waals surface area contributed by atoms with Crippen LogP contribution in [0.3, 0.4) is 0 Å². The molecule has 2 atom stereocenters. The Bertz CT molecular complexity index is 616. The topological polar surface area (TPSA) is 59.4 Å². The number of amides is 1. The molecular weight excluding hydrogens is 355 g/mol. The second-order valence-electron chi connectivity index (χ2n) is 6.94. The van der Waals surface area contributed by atoms with Gasteiger partial charge in [-0.05, 0) is 31.5 Å². The van der Waals surface area contributed by atoms with E-state index >= 15 is 0 Å². The SMILES string of the molecule is Cl.N#CC1CC(F)CN1C(=O)CNC1CCN(Cc2ccccc2)CC1. The third kappa shape index (κ3) is 5.41. The Morgan fingerprint density at radius 2 is 1.96 bits per heavy atom. The number of likely N-dealkylation sites (tertiary alicyclic amines) is 2. The molecule has 2 unspecified atom stereocenters. The van der Waals surface area contributed by atoms with E-state index in [1.165, 1.54) is 10.5 Å².